The van der Waals surface area contributed by atoms with Crippen molar-refractivity contribution >= 4 is 32.6 Å². The maximum Gasteiger partial charge on any atom is 0.298 e. The number of para-hydroxylation sites is 1. The van der Waals surface area contributed by atoms with E-state index in [1.807, 2.05) is 6.07 Å². The fraction of sp³-hybridized carbons (Fsp3) is 0.167. The predicted molar refractivity (Wildman–Crippen MR) is 95.0 cm³/mol. The number of rotatable bonds is 4. The van der Waals surface area contributed by atoms with Gasteiger partial charge in [-0.05, 0) is 24.3 Å². The van der Waals surface area contributed by atoms with E-state index in [1.54, 1.807) is 30.5 Å². The van der Waals surface area contributed by atoms with Crippen LogP contribution in [0.4, 0.5) is 9.52 Å². The molecule has 6 nitrogen and oxygen atoms in total. The second-order valence-electron chi connectivity index (χ2n) is 5.50. The van der Waals surface area contributed by atoms with Crippen LogP contribution >= 0.6 is 11.3 Å². The molecule has 1 amide bonds. The van der Waals surface area contributed by atoms with Crippen LogP contribution in [0.15, 0.2) is 54.6 Å². The Morgan fingerprint density at radius 1 is 1.23 bits per heavy atom. The zero-order valence-corrected chi connectivity index (χ0v) is 14.4. The van der Waals surface area contributed by atoms with E-state index in [4.69, 9.17) is 9.47 Å². The summed E-state index contributed by atoms with van der Waals surface area (Å²) in [6, 6.07) is 10.2. The number of carbonyl (C=O) groups is 1. The Morgan fingerprint density at radius 3 is 2.88 bits per heavy atom. The Balaban J connectivity index is 1.74. The molecule has 26 heavy (non-hydrogen) atoms. The largest absolute Gasteiger partial charge is 0.494 e. The molecule has 8 heteroatoms. The van der Waals surface area contributed by atoms with E-state index >= 15 is 0 Å². The zero-order valence-electron chi connectivity index (χ0n) is 13.6. The van der Waals surface area contributed by atoms with Gasteiger partial charge in [0.1, 0.15) is 30.8 Å². The third kappa shape index (κ3) is 3.23. The van der Waals surface area contributed by atoms with Crippen LogP contribution in [0, 0.1) is 5.82 Å². The summed E-state index contributed by atoms with van der Waals surface area (Å²) in [6.45, 7) is 0.870. The Hall–Kier alpha value is -3.00. The third-order valence-electron chi connectivity index (χ3n) is 3.74. The first-order chi connectivity index (χ1) is 12.7. The van der Waals surface area contributed by atoms with Gasteiger partial charge in [0, 0.05) is 6.20 Å². The second kappa shape index (κ2) is 7.09. The summed E-state index contributed by atoms with van der Waals surface area (Å²) in [5.74, 6) is -0.742. The van der Waals surface area contributed by atoms with E-state index in [9.17, 15) is 9.18 Å². The van der Waals surface area contributed by atoms with Crippen LogP contribution < -0.4 is 4.90 Å². The average molecular weight is 371 g/mol. The molecule has 1 aliphatic heterocycles. The number of hydrogen-bond donors (Lipinski definition) is 0. The quantitative estimate of drug-likeness (QED) is 0.704. The SMILES string of the molecule is O=C(C1=COCCO1)N(Cc1ccccn1)c1nc2c(F)cccc2s1. The van der Waals surface area contributed by atoms with Crippen LogP contribution in [-0.2, 0) is 20.8 Å². The van der Waals surface area contributed by atoms with Gasteiger partial charge in [0.05, 0.1) is 16.9 Å². The summed E-state index contributed by atoms with van der Waals surface area (Å²) in [5.41, 5.74) is 0.916. The van der Waals surface area contributed by atoms with Crippen LogP contribution in [-0.4, -0.2) is 29.1 Å². The van der Waals surface area contributed by atoms with Crippen molar-refractivity contribution < 1.29 is 18.7 Å². The van der Waals surface area contributed by atoms with Crippen LogP contribution in [0.25, 0.3) is 10.2 Å². The molecule has 0 atom stereocenters. The molecule has 0 fully saturated rings. The van der Waals surface area contributed by atoms with Crippen molar-refractivity contribution in [1.82, 2.24) is 9.97 Å². The highest BCUT2D eigenvalue weighted by molar-refractivity contribution is 7.22. The van der Waals surface area contributed by atoms with Crippen molar-refractivity contribution in [2.75, 3.05) is 18.1 Å². The van der Waals surface area contributed by atoms with E-state index in [0.717, 1.165) is 0 Å². The number of benzene rings is 1. The number of carbonyl (C=O) groups excluding carboxylic acids is 1. The Morgan fingerprint density at radius 2 is 2.15 bits per heavy atom. The average Bonchev–Trinajstić information content (AvgIpc) is 3.12. The van der Waals surface area contributed by atoms with Gasteiger partial charge in [0.25, 0.3) is 5.91 Å². The molecular formula is C18H14FN3O3S. The smallest absolute Gasteiger partial charge is 0.298 e. The zero-order chi connectivity index (χ0) is 17.9. The van der Waals surface area contributed by atoms with Gasteiger partial charge < -0.3 is 9.47 Å². The van der Waals surface area contributed by atoms with Crippen molar-refractivity contribution in [3.05, 3.63) is 66.1 Å². The Bertz CT molecular complexity index is 974. The number of ether oxygens (including phenoxy) is 2. The number of halogens is 1. The molecule has 0 unspecified atom stereocenters. The fourth-order valence-electron chi connectivity index (χ4n) is 2.51. The molecule has 0 N–H and O–H groups in total. The van der Waals surface area contributed by atoms with Crippen molar-refractivity contribution in [1.29, 1.82) is 0 Å². The summed E-state index contributed by atoms with van der Waals surface area (Å²) in [6.07, 6.45) is 2.95. The molecule has 0 aliphatic carbocycles. The molecule has 0 radical (unpaired) electrons. The van der Waals surface area contributed by atoms with Gasteiger partial charge in [-0.1, -0.05) is 23.5 Å². The normalized spacial score (nSPS) is 13.7. The van der Waals surface area contributed by atoms with Crippen LogP contribution in [0.2, 0.25) is 0 Å². The predicted octanol–water partition coefficient (Wildman–Crippen LogP) is 3.25. The standard InChI is InChI=1S/C18H14FN3O3S/c19-13-5-3-6-15-16(13)21-18(26-15)22(10-12-4-1-2-7-20-12)17(23)14-11-24-8-9-25-14/h1-7,11H,8-10H2. The van der Waals surface area contributed by atoms with Crippen LogP contribution in [0.1, 0.15) is 5.69 Å². The lowest BCUT2D eigenvalue weighted by molar-refractivity contribution is -0.120. The number of pyridine rings is 1. The molecule has 0 saturated heterocycles. The molecule has 0 saturated carbocycles. The number of anilines is 1. The highest BCUT2D eigenvalue weighted by atomic mass is 32.1. The molecule has 1 aliphatic rings. The monoisotopic (exact) mass is 371 g/mol. The minimum Gasteiger partial charge on any atom is -0.494 e. The highest BCUT2D eigenvalue weighted by Gasteiger charge is 2.27. The first kappa shape index (κ1) is 16.5. The lowest BCUT2D eigenvalue weighted by atomic mass is 10.3. The number of hydrogen-bond acceptors (Lipinski definition) is 6. The maximum atomic E-state index is 14.0. The number of thiazole rings is 1. The number of fused-ring (bicyclic) bond motifs is 1. The van der Waals surface area contributed by atoms with E-state index in [2.05, 4.69) is 9.97 Å². The minimum absolute atomic E-state index is 0.0897. The van der Waals surface area contributed by atoms with Crippen molar-refractivity contribution in [3.63, 3.8) is 0 Å². The second-order valence-corrected chi connectivity index (χ2v) is 6.51. The van der Waals surface area contributed by atoms with Crippen LogP contribution in [0.3, 0.4) is 0 Å². The summed E-state index contributed by atoms with van der Waals surface area (Å²) >= 11 is 1.23. The van der Waals surface area contributed by atoms with E-state index in [0.29, 0.717) is 28.7 Å². The molecule has 0 spiro atoms. The number of nitrogens with zero attached hydrogens (tertiary/aromatic N) is 3. The van der Waals surface area contributed by atoms with Gasteiger partial charge in [-0.3, -0.25) is 14.7 Å². The van der Waals surface area contributed by atoms with Gasteiger partial charge in [0.2, 0.25) is 5.76 Å². The van der Waals surface area contributed by atoms with Crippen molar-refractivity contribution in [3.8, 4) is 0 Å². The van der Waals surface area contributed by atoms with Gasteiger partial charge >= 0.3 is 0 Å². The number of aromatic nitrogens is 2. The molecular weight excluding hydrogens is 357 g/mol. The molecule has 4 rings (SSSR count). The lowest BCUT2D eigenvalue weighted by Crippen LogP contribution is -2.34. The molecule has 2 aromatic heterocycles. The third-order valence-corrected chi connectivity index (χ3v) is 4.78. The van der Waals surface area contributed by atoms with Gasteiger partial charge in [-0.25, -0.2) is 9.37 Å². The lowest BCUT2D eigenvalue weighted by Gasteiger charge is -2.22. The fourth-order valence-corrected chi connectivity index (χ4v) is 3.49. The summed E-state index contributed by atoms with van der Waals surface area (Å²) in [4.78, 5) is 23.0. The minimum atomic E-state index is -0.424. The molecule has 3 heterocycles. The van der Waals surface area contributed by atoms with Gasteiger partial charge in [0.15, 0.2) is 5.13 Å². The van der Waals surface area contributed by atoms with E-state index in [-0.39, 0.29) is 17.8 Å². The van der Waals surface area contributed by atoms with Gasteiger partial charge in [-0.15, -0.1) is 0 Å². The molecule has 0 bridgehead atoms. The highest BCUT2D eigenvalue weighted by Crippen LogP contribution is 2.32. The summed E-state index contributed by atoms with van der Waals surface area (Å²) in [5, 5.41) is 0.371. The molecule has 132 valence electrons. The van der Waals surface area contributed by atoms with Crippen LogP contribution in [0.5, 0.6) is 0 Å². The van der Waals surface area contributed by atoms with E-state index < -0.39 is 11.7 Å². The van der Waals surface area contributed by atoms with Crippen molar-refractivity contribution in [2.45, 2.75) is 6.54 Å². The Labute approximate surface area is 152 Å². The number of amides is 1. The first-order valence-electron chi connectivity index (χ1n) is 7.94. The maximum absolute atomic E-state index is 14.0. The summed E-state index contributed by atoms with van der Waals surface area (Å²) in [7, 11) is 0. The summed E-state index contributed by atoms with van der Waals surface area (Å²) < 4.78 is 25.3. The first-order valence-corrected chi connectivity index (χ1v) is 8.75. The van der Waals surface area contributed by atoms with E-state index in [1.165, 1.54) is 28.6 Å². The Kier molecular flexibility index (Phi) is 4.49. The topological polar surface area (TPSA) is 64.6 Å². The molecule has 1 aromatic carbocycles. The molecule has 3 aromatic rings. The van der Waals surface area contributed by atoms with Gasteiger partial charge in [-0.2, -0.15) is 0 Å². The van der Waals surface area contributed by atoms with Crippen molar-refractivity contribution in [2.24, 2.45) is 0 Å².